The number of H-pyrrole nitrogens is 1. The molecule has 0 aliphatic carbocycles. The molecule has 0 bridgehead atoms. The molecule has 1 heterocycles. The predicted octanol–water partition coefficient (Wildman–Crippen LogP) is 0.0189. The number of rotatable bonds is 7. The molecule has 0 saturated heterocycles. The fourth-order valence-corrected chi connectivity index (χ4v) is 0.729. The van der Waals surface area contributed by atoms with Gasteiger partial charge in [0.25, 0.3) is 0 Å². The van der Waals surface area contributed by atoms with Crippen LogP contribution in [0.4, 0.5) is 0 Å². The maximum Gasteiger partial charge on any atom is 0.0701 e. The van der Waals surface area contributed by atoms with Crippen molar-refractivity contribution in [3.63, 3.8) is 0 Å². The monoisotopic (exact) mass is 217 g/mol. The Labute approximate surface area is 89.7 Å². The van der Waals surface area contributed by atoms with E-state index in [1.165, 1.54) is 0 Å². The Morgan fingerprint density at radius 2 is 1.27 bits per heavy atom. The molecule has 0 amide bonds. The molecule has 0 spiro atoms. The summed E-state index contributed by atoms with van der Waals surface area (Å²) in [5.74, 6) is 0. The zero-order valence-corrected chi connectivity index (χ0v) is 8.76. The van der Waals surface area contributed by atoms with Gasteiger partial charge in [-0.15, -0.1) is 0 Å². The Kier molecular flexibility index (Phi) is 12.4. The van der Waals surface area contributed by atoms with Crippen LogP contribution in [0.2, 0.25) is 0 Å². The summed E-state index contributed by atoms with van der Waals surface area (Å²) in [4.78, 5) is 2.86. The zero-order valence-electron chi connectivity index (χ0n) is 8.76. The first-order valence-electron chi connectivity index (χ1n) is 4.86. The van der Waals surface area contributed by atoms with E-state index in [-0.39, 0.29) is 13.2 Å². The second-order valence-electron chi connectivity index (χ2n) is 2.56. The maximum absolute atomic E-state index is 8.26. The lowest BCUT2D eigenvalue weighted by Gasteiger charge is -2.01. The van der Waals surface area contributed by atoms with Gasteiger partial charge < -0.3 is 24.7 Å². The number of ether oxygens (including phenoxy) is 2. The van der Waals surface area contributed by atoms with Crippen LogP contribution in [0, 0.1) is 0 Å². The average molecular weight is 217 g/mol. The van der Waals surface area contributed by atoms with Gasteiger partial charge in [-0.25, -0.2) is 0 Å². The van der Waals surface area contributed by atoms with Gasteiger partial charge in [0.1, 0.15) is 0 Å². The van der Waals surface area contributed by atoms with Crippen molar-refractivity contribution in [2.75, 3.05) is 39.6 Å². The lowest BCUT2D eigenvalue weighted by molar-refractivity contribution is 0.0222. The summed E-state index contributed by atoms with van der Waals surface area (Å²) < 4.78 is 9.75. The van der Waals surface area contributed by atoms with E-state index >= 15 is 0 Å². The molecule has 0 aliphatic rings. The Morgan fingerprint density at radius 1 is 0.800 bits per heavy atom. The van der Waals surface area contributed by atoms with E-state index in [1.807, 2.05) is 24.5 Å². The van der Waals surface area contributed by atoms with Crippen molar-refractivity contribution >= 4 is 0 Å². The van der Waals surface area contributed by atoms with Gasteiger partial charge in [0.05, 0.1) is 39.6 Å². The Bertz CT molecular complexity index is 154. The minimum absolute atomic E-state index is 0.0417. The van der Waals surface area contributed by atoms with E-state index in [0.29, 0.717) is 26.4 Å². The van der Waals surface area contributed by atoms with Gasteiger partial charge >= 0.3 is 0 Å². The van der Waals surface area contributed by atoms with Crippen molar-refractivity contribution in [1.29, 1.82) is 0 Å². The van der Waals surface area contributed by atoms with Gasteiger partial charge in [-0.05, 0) is 12.1 Å². The van der Waals surface area contributed by atoms with Crippen LogP contribution in [0.5, 0.6) is 0 Å². The quantitative estimate of drug-likeness (QED) is 0.563. The summed E-state index contributed by atoms with van der Waals surface area (Å²) >= 11 is 0. The number of hydrogen-bond donors (Lipinski definition) is 3. The summed E-state index contributed by atoms with van der Waals surface area (Å²) in [7, 11) is 0. The van der Waals surface area contributed by atoms with Crippen LogP contribution in [0.3, 0.4) is 0 Å². The summed E-state index contributed by atoms with van der Waals surface area (Å²) in [6.45, 7) is 1.73. The van der Waals surface area contributed by atoms with Gasteiger partial charge in [0, 0.05) is 12.4 Å². The molecular formula is C10H19NO4. The molecule has 15 heavy (non-hydrogen) atoms. The number of aromatic nitrogens is 1. The standard InChI is InChI=1S/C6H14O4.C4H5N/c7-1-3-9-5-6-10-4-2-8;1-2-4-5-3-1/h7-8H,1-6H2;1-5H. The molecule has 0 aliphatic heterocycles. The van der Waals surface area contributed by atoms with Crippen LogP contribution >= 0.6 is 0 Å². The predicted molar refractivity (Wildman–Crippen MR) is 56.6 cm³/mol. The molecule has 0 unspecified atom stereocenters. The third-order valence-electron chi connectivity index (χ3n) is 1.34. The highest BCUT2D eigenvalue weighted by molar-refractivity contribution is 4.84. The fraction of sp³-hybridized carbons (Fsp3) is 0.600. The second kappa shape index (κ2) is 13.1. The van der Waals surface area contributed by atoms with Gasteiger partial charge in [0.15, 0.2) is 0 Å². The fourth-order valence-electron chi connectivity index (χ4n) is 0.729. The molecule has 88 valence electrons. The van der Waals surface area contributed by atoms with Crippen LogP contribution in [0.15, 0.2) is 24.5 Å². The van der Waals surface area contributed by atoms with E-state index in [4.69, 9.17) is 19.7 Å². The van der Waals surface area contributed by atoms with E-state index in [2.05, 4.69) is 4.98 Å². The number of nitrogens with one attached hydrogen (secondary N) is 1. The van der Waals surface area contributed by atoms with Crippen LogP contribution in [0.25, 0.3) is 0 Å². The highest BCUT2D eigenvalue weighted by Gasteiger charge is 1.86. The van der Waals surface area contributed by atoms with Crippen LogP contribution in [0.1, 0.15) is 0 Å². The molecule has 1 rings (SSSR count). The molecular weight excluding hydrogens is 198 g/mol. The zero-order chi connectivity index (χ0) is 11.2. The lowest BCUT2D eigenvalue weighted by atomic mass is 10.7. The van der Waals surface area contributed by atoms with Crippen LogP contribution < -0.4 is 0 Å². The van der Waals surface area contributed by atoms with E-state index in [1.54, 1.807) is 0 Å². The summed E-state index contributed by atoms with van der Waals surface area (Å²) in [6.07, 6.45) is 3.75. The number of aromatic amines is 1. The van der Waals surface area contributed by atoms with Crippen molar-refractivity contribution in [1.82, 2.24) is 4.98 Å². The number of aliphatic hydroxyl groups is 2. The highest BCUT2D eigenvalue weighted by Crippen LogP contribution is 1.76. The largest absolute Gasteiger partial charge is 0.394 e. The minimum Gasteiger partial charge on any atom is -0.394 e. The molecule has 0 saturated carbocycles. The molecule has 0 aromatic carbocycles. The van der Waals surface area contributed by atoms with Gasteiger partial charge in [0.2, 0.25) is 0 Å². The smallest absolute Gasteiger partial charge is 0.0701 e. The van der Waals surface area contributed by atoms with E-state index in [0.717, 1.165) is 0 Å². The molecule has 0 atom stereocenters. The molecule has 1 aromatic heterocycles. The van der Waals surface area contributed by atoms with E-state index in [9.17, 15) is 0 Å². The highest BCUT2D eigenvalue weighted by atomic mass is 16.5. The number of aliphatic hydroxyl groups excluding tert-OH is 2. The Balaban J connectivity index is 0.000000322. The second-order valence-corrected chi connectivity index (χ2v) is 2.56. The molecule has 3 N–H and O–H groups in total. The first kappa shape index (κ1) is 14.1. The SMILES string of the molecule is OCCOCCOCCO.c1cc[nH]c1. The Hall–Kier alpha value is -0.880. The van der Waals surface area contributed by atoms with Crippen molar-refractivity contribution in [2.45, 2.75) is 0 Å². The molecule has 5 nitrogen and oxygen atoms in total. The molecule has 0 fully saturated rings. The van der Waals surface area contributed by atoms with Crippen molar-refractivity contribution < 1.29 is 19.7 Å². The summed E-state index contributed by atoms with van der Waals surface area (Å²) in [5, 5.41) is 16.5. The molecule has 1 aromatic rings. The third-order valence-corrected chi connectivity index (χ3v) is 1.34. The minimum atomic E-state index is 0.0417. The van der Waals surface area contributed by atoms with Crippen LogP contribution in [-0.4, -0.2) is 54.8 Å². The first-order chi connectivity index (χ1) is 7.41. The van der Waals surface area contributed by atoms with Crippen molar-refractivity contribution in [2.24, 2.45) is 0 Å². The van der Waals surface area contributed by atoms with Gasteiger partial charge in [-0.2, -0.15) is 0 Å². The third kappa shape index (κ3) is 13.1. The summed E-state index contributed by atoms with van der Waals surface area (Å²) in [6, 6.07) is 3.89. The van der Waals surface area contributed by atoms with Crippen molar-refractivity contribution in [3.05, 3.63) is 24.5 Å². The maximum atomic E-state index is 8.26. The number of hydrogen-bond acceptors (Lipinski definition) is 4. The van der Waals surface area contributed by atoms with Gasteiger partial charge in [-0.3, -0.25) is 0 Å². The van der Waals surface area contributed by atoms with Crippen molar-refractivity contribution in [3.8, 4) is 0 Å². The lowest BCUT2D eigenvalue weighted by Crippen LogP contribution is -2.09. The van der Waals surface area contributed by atoms with Gasteiger partial charge in [-0.1, -0.05) is 0 Å². The summed E-state index contributed by atoms with van der Waals surface area (Å²) in [5.41, 5.74) is 0. The molecule has 0 radical (unpaired) electrons. The molecule has 5 heteroatoms. The Morgan fingerprint density at radius 3 is 1.53 bits per heavy atom. The van der Waals surface area contributed by atoms with Crippen LogP contribution in [-0.2, 0) is 9.47 Å². The normalized spacial score (nSPS) is 9.47. The first-order valence-corrected chi connectivity index (χ1v) is 4.86. The van der Waals surface area contributed by atoms with E-state index < -0.39 is 0 Å². The average Bonchev–Trinajstić information content (AvgIpc) is 2.82. The topological polar surface area (TPSA) is 74.7 Å².